The van der Waals surface area contributed by atoms with Gasteiger partial charge in [-0.3, -0.25) is 0 Å². The fourth-order valence-electron chi connectivity index (χ4n) is 3.91. The zero-order valence-electron chi connectivity index (χ0n) is 17.3. The summed E-state index contributed by atoms with van der Waals surface area (Å²) >= 11 is 11.8. The fraction of sp³-hybridized carbons (Fsp3) is 0. The Morgan fingerprint density at radius 1 is 0.686 bits per heavy atom. The smallest absolute Gasteiger partial charge is 0.239 e. The summed E-state index contributed by atoms with van der Waals surface area (Å²) < 4.78 is 82.0. The van der Waals surface area contributed by atoms with Crippen LogP contribution in [0.1, 0.15) is 0 Å². The predicted octanol–water partition coefficient (Wildman–Crippen LogP) is 4.76. The highest BCUT2D eigenvalue weighted by molar-refractivity contribution is 7.90. The van der Waals surface area contributed by atoms with Crippen LogP contribution in [0.15, 0.2) is 64.4 Å². The van der Waals surface area contributed by atoms with E-state index in [1.807, 2.05) is 0 Å². The van der Waals surface area contributed by atoms with Crippen LogP contribution in [0.3, 0.4) is 0 Å². The Labute approximate surface area is 208 Å². The molecule has 0 unspecified atom stereocenters. The first-order valence-corrected chi connectivity index (χ1v) is 13.4. The van der Waals surface area contributed by atoms with Gasteiger partial charge >= 0.3 is 0 Å². The molecule has 5 N–H and O–H groups in total. The molecule has 7 nitrogen and oxygen atoms in total. The first-order chi connectivity index (χ1) is 16.2. The van der Waals surface area contributed by atoms with Gasteiger partial charge in [0.25, 0.3) is 0 Å². The number of hydrogen-bond donors (Lipinski definition) is 3. The molecule has 0 aromatic heterocycles. The first kappa shape index (κ1) is 25.3. The molecule has 0 fully saturated rings. The summed E-state index contributed by atoms with van der Waals surface area (Å²) in [5, 5.41) is 19.8. The van der Waals surface area contributed by atoms with Crippen LogP contribution in [-0.4, -0.2) is 21.9 Å². The minimum absolute atomic E-state index is 0.164. The van der Waals surface area contributed by atoms with Crippen LogP contribution in [0, 0.1) is 11.6 Å². The lowest BCUT2D eigenvalue weighted by molar-refractivity contribution is 0.476. The zero-order chi connectivity index (χ0) is 25.9. The van der Waals surface area contributed by atoms with Crippen LogP contribution in [0.25, 0.3) is 33.0 Å². The molecule has 0 aliphatic rings. The molecule has 0 saturated carbocycles. The lowest BCUT2D eigenvalue weighted by atomic mass is 9.92. The van der Waals surface area contributed by atoms with E-state index in [0.29, 0.717) is 0 Å². The number of nitrogens with two attached hydrogens (primary N) is 2. The summed E-state index contributed by atoms with van der Waals surface area (Å²) in [5.41, 5.74) is -2.15. The highest BCUT2D eigenvalue weighted by Gasteiger charge is 2.34. The van der Waals surface area contributed by atoms with Crippen LogP contribution >= 0.6 is 23.2 Å². The van der Waals surface area contributed by atoms with Crippen LogP contribution in [0.2, 0.25) is 10.0 Å². The lowest BCUT2D eigenvalue weighted by Crippen LogP contribution is -2.21. The first-order valence-electron chi connectivity index (χ1n) is 9.50. The van der Waals surface area contributed by atoms with Crippen LogP contribution < -0.4 is 10.3 Å². The molecule has 0 atom stereocenters. The average Bonchev–Trinajstić information content (AvgIpc) is 2.74. The van der Waals surface area contributed by atoms with Gasteiger partial charge in [0.1, 0.15) is 17.4 Å². The van der Waals surface area contributed by atoms with E-state index < -0.39 is 68.9 Å². The minimum atomic E-state index is -4.91. The summed E-state index contributed by atoms with van der Waals surface area (Å²) in [6.45, 7) is 0. The van der Waals surface area contributed by atoms with Gasteiger partial charge in [0.2, 0.25) is 20.0 Å². The second-order valence-electron chi connectivity index (χ2n) is 7.43. The Bertz CT molecular complexity index is 1760. The van der Waals surface area contributed by atoms with Crippen molar-refractivity contribution < 1.29 is 30.7 Å². The van der Waals surface area contributed by atoms with Gasteiger partial charge in [0, 0.05) is 27.6 Å². The standard InChI is InChI=1S/C22H14Cl2F2N2O5S2/c23-15-5-1-3-12(19(15)25)17-11-8-7-10(29)9-14(11)21(34(27,30)31)18(22(17)35(28,32)33)13-4-2-6-16(24)20(13)26/h1-9,29H,(H2,27,30,31)(H2,28,32,33). The third-order valence-electron chi connectivity index (χ3n) is 5.21. The van der Waals surface area contributed by atoms with E-state index in [0.717, 1.165) is 30.3 Å². The third-order valence-corrected chi connectivity index (χ3v) is 7.76. The quantitative estimate of drug-likeness (QED) is 0.331. The van der Waals surface area contributed by atoms with Crippen molar-refractivity contribution in [3.63, 3.8) is 0 Å². The van der Waals surface area contributed by atoms with E-state index in [9.17, 15) is 21.9 Å². The van der Waals surface area contributed by atoms with Crippen molar-refractivity contribution in [3.8, 4) is 28.0 Å². The van der Waals surface area contributed by atoms with E-state index in [2.05, 4.69) is 0 Å². The van der Waals surface area contributed by atoms with Crippen molar-refractivity contribution in [1.82, 2.24) is 0 Å². The van der Waals surface area contributed by atoms with Crippen LogP contribution in [0.5, 0.6) is 5.75 Å². The molecule has 0 bridgehead atoms. The van der Waals surface area contributed by atoms with Gasteiger partial charge in [-0.15, -0.1) is 0 Å². The normalized spacial score (nSPS) is 12.3. The van der Waals surface area contributed by atoms with Crippen molar-refractivity contribution >= 4 is 54.0 Å². The average molecular weight is 559 g/mol. The Balaban J connectivity index is 2.48. The SMILES string of the molecule is NS(=O)(=O)c1c(-c2cccc(Cl)c2F)c(S(N)(=O)=O)c2cc(O)ccc2c1-c1cccc(Cl)c1F. The number of halogens is 4. The van der Waals surface area contributed by atoms with E-state index in [-0.39, 0.29) is 21.4 Å². The van der Waals surface area contributed by atoms with Crippen molar-refractivity contribution in [2.45, 2.75) is 9.79 Å². The number of primary sulfonamides is 2. The molecule has 0 spiro atoms. The largest absolute Gasteiger partial charge is 0.508 e. The van der Waals surface area contributed by atoms with Gasteiger partial charge in [0.15, 0.2) is 0 Å². The van der Waals surface area contributed by atoms with Crippen molar-refractivity contribution in [2.24, 2.45) is 10.3 Å². The molecule has 0 aliphatic carbocycles. The lowest BCUT2D eigenvalue weighted by Gasteiger charge is -2.22. The second-order valence-corrected chi connectivity index (χ2v) is 11.2. The van der Waals surface area contributed by atoms with Crippen molar-refractivity contribution in [3.05, 3.63) is 76.3 Å². The molecule has 0 radical (unpaired) electrons. The van der Waals surface area contributed by atoms with Gasteiger partial charge in [-0.1, -0.05) is 47.5 Å². The van der Waals surface area contributed by atoms with Gasteiger partial charge in [-0.05, 0) is 35.7 Å². The maximum atomic E-state index is 15.2. The monoisotopic (exact) mass is 558 g/mol. The van der Waals surface area contributed by atoms with Crippen LogP contribution in [-0.2, 0) is 20.0 Å². The Kier molecular flexibility index (Phi) is 6.29. The molecule has 13 heteroatoms. The molecule has 4 aromatic rings. The number of sulfonamides is 2. The van der Waals surface area contributed by atoms with Crippen LogP contribution in [0.4, 0.5) is 8.78 Å². The summed E-state index contributed by atoms with van der Waals surface area (Å²) in [5.74, 6) is -2.66. The number of phenolic OH excluding ortho intramolecular Hbond substituents is 1. The number of aromatic hydroxyl groups is 1. The molecule has 0 saturated heterocycles. The zero-order valence-corrected chi connectivity index (χ0v) is 20.4. The van der Waals surface area contributed by atoms with Gasteiger partial charge in [-0.25, -0.2) is 35.9 Å². The maximum absolute atomic E-state index is 15.2. The third kappa shape index (κ3) is 4.35. The van der Waals surface area contributed by atoms with E-state index >= 15 is 8.78 Å². The molecule has 4 aromatic carbocycles. The Morgan fingerprint density at radius 2 is 1.17 bits per heavy atom. The molecule has 182 valence electrons. The summed E-state index contributed by atoms with van der Waals surface area (Å²) in [6.07, 6.45) is 0. The fourth-order valence-corrected chi connectivity index (χ4v) is 6.30. The molecule has 35 heavy (non-hydrogen) atoms. The number of rotatable bonds is 4. The van der Waals surface area contributed by atoms with E-state index in [1.54, 1.807) is 0 Å². The summed E-state index contributed by atoms with van der Waals surface area (Å²) in [6, 6.07) is 10.4. The topological polar surface area (TPSA) is 141 Å². The molecule has 0 aliphatic heterocycles. The highest BCUT2D eigenvalue weighted by Crippen LogP contribution is 2.48. The molecule has 0 heterocycles. The summed E-state index contributed by atoms with van der Waals surface area (Å²) in [7, 11) is -9.72. The van der Waals surface area contributed by atoms with Crippen molar-refractivity contribution in [1.29, 1.82) is 0 Å². The second kappa shape index (κ2) is 8.70. The number of phenols is 1. The number of fused-ring (bicyclic) bond motifs is 1. The van der Waals surface area contributed by atoms with E-state index in [4.69, 9.17) is 33.5 Å². The molecular formula is C22H14Cl2F2N2O5S2. The van der Waals surface area contributed by atoms with Gasteiger partial charge in [0.05, 0.1) is 19.8 Å². The van der Waals surface area contributed by atoms with Gasteiger partial charge < -0.3 is 5.11 Å². The molecule has 4 rings (SSSR count). The molecule has 0 amide bonds. The Morgan fingerprint density at radius 3 is 1.66 bits per heavy atom. The van der Waals surface area contributed by atoms with E-state index in [1.165, 1.54) is 24.3 Å². The number of benzene rings is 4. The van der Waals surface area contributed by atoms with Gasteiger partial charge in [-0.2, -0.15) is 0 Å². The highest BCUT2D eigenvalue weighted by atomic mass is 35.5. The molecular weight excluding hydrogens is 545 g/mol. The predicted molar refractivity (Wildman–Crippen MR) is 129 cm³/mol. The summed E-state index contributed by atoms with van der Waals surface area (Å²) in [4.78, 5) is -1.79. The van der Waals surface area contributed by atoms with Crippen molar-refractivity contribution in [2.75, 3.05) is 0 Å². The Hall–Kier alpha value is -2.80. The number of hydrogen-bond acceptors (Lipinski definition) is 5. The maximum Gasteiger partial charge on any atom is 0.239 e. The minimum Gasteiger partial charge on any atom is -0.508 e.